The van der Waals surface area contributed by atoms with Gasteiger partial charge in [-0.2, -0.15) is 0 Å². The molecular weight excluding hydrogens is 387 g/mol. The van der Waals surface area contributed by atoms with Crippen molar-refractivity contribution < 1.29 is 9.53 Å². The lowest BCUT2D eigenvalue weighted by Gasteiger charge is -2.28. The number of nitrogens with two attached hydrogens (primary N) is 1. The molecule has 2 aromatic rings. The summed E-state index contributed by atoms with van der Waals surface area (Å²) in [6.45, 7) is 3.60. The molecule has 1 unspecified atom stereocenters. The van der Waals surface area contributed by atoms with E-state index in [4.69, 9.17) is 10.5 Å². The van der Waals surface area contributed by atoms with E-state index in [-0.39, 0.29) is 43.2 Å². The Balaban J connectivity index is 0.00000182. The smallest absolute Gasteiger partial charge is 0.222 e. The molecule has 6 nitrogen and oxygen atoms in total. The molecule has 1 saturated heterocycles. The summed E-state index contributed by atoms with van der Waals surface area (Å²) in [6, 6.07) is 13.3. The third kappa shape index (κ3) is 6.99. The fourth-order valence-electron chi connectivity index (χ4n) is 2.83. The van der Waals surface area contributed by atoms with Crippen molar-refractivity contribution in [1.29, 1.82) is 0 Å². The molecule has 1 aliphatic heterocycles. The molecular formula is C19H26Cl2N4O2. The summed E-state index contributed by atoms with van der Waals surface area (Å²) in [5.41, 5.74) is 8.09. The van der Waals surface area contributed by atoms with Crippen LogP contribution in [0.2, 0.25) is 0 Å². The standard InChI is InChI=1S/C19H24N4O2.2ClH/c20-17(16-4-2-1-3-5-16)13-19(24)22-14-15-6-7-21-18(12-15)23-8-10-25-11-9-23;;/h1-7,12,17H,8-11,13-14,20H2,(H,22,24);2*1H. The van der Waals surface area contributed by atoms with Gasteiger partial charge in [0.1, 0.15) is 5.82 Å². The Morgan fingerprint density at radius 2 is 1.89 bits per heavy atom. The molecule has 1 amide bonds. The van der Waals surface area contributed by atoms with Gasteiger partial charge in [-0.15, -0.1) is 24.8 Å². The summed E-state index contributed by atoms with van der Waals surface area (Å²) in [4.78, 5) is 18.8. The molecule has 0 saturated carbocycles. The van der Waals surface area contributed by atoms with Gasteiger partial charge in [-0.05, 0) is 23.3 Å². The summed E-state index contributed by atoms with van der Waals surface area (Å²) in [6.07, 6.45) is 2.05. The Morgan fingerprint density at radius 1 is 1.19 bits per heavy atom. The monoisotopic (exact) mass is 412 g/mol. The van der Waals surface area contributed by atoms with E-state index in [9.17, 15) is 4.79 Å². The summed E-state index contributed by atoms with van der Waals surface area (Å²) >= 11 is 0. The summed E-state index contributed by atoms with van der Waals surface area (Å²) in [5, 5.41) is 2.94. The largest absolute Gasteiger partial charge is 0.378 e. The molecule has 2 heterocycles. The van der Waals surface area contributed by atoms with Crippen molar-refractivity contribution in [2.45, 2.75) is 19.0 Å². The number of hydrogen-bond donors (Lipinski definition) is 2. The minimum Gasteiger partial charge on any atom is -0.378 e. The number of carbonyl (C=O) groups is 1. The molecule has 0 aliphatic carbocycles. The van der Waals surface area contributed by atoms with Crippen molar-refractivity contribution in [3.8, 4) is 0 Å². The van der Waals surface area contributed by atoms with Crippen LogP contribution in [-0.4, -0.2) is 37.2 Å². The lowest BCUT2D eigenvalue weighted by Crippen LogP contribution is -2.36. The van der Waals surface area contributed by atoms with Gasteiger partial charge in [0, 0.05) is 38.3 Å². The van der Waals surface area contributed by atoms with E-state index in [1.165, 1.54) is 0 Å². The molecule has 1 fully saturated rings. The van der Waals surface area contributed by atoms with Crippen LogP contribution in [0.4, 0.5) is 5.82 Å². The minimum atomic E-state index is -0.289. The van der Waals surface area contributed by atoms with Crippen LogP contribution >= 0.6 is 24.8 Å². The van der Waals surface area contributed by atoms with Crippen molar-refractivity contribution in [1.82, 2.24) is 10.3 Å². The Kier molecular flexibility index (Phi) is 10.1. The number of ether oxygens (including phenoxy) is 1. The summed E-state index contributed by atoms with van der Waals surface area (Å²) in [7, 11) is 0. The zero-order valence-electron chi connectivity index (χ0n) is 15.0. The van der Waals surface area contributed by atoms with Gasteiger partial charge in [0.15, 0.2) is 0 Å². The maximum atomic E-state index is 12.2. The first-order valence-corrected chi connectivity index (χ1v) is 8.57. The van der Waals surface area contributed by atoms with Gasteiger partial charge in [-0.3, -0.25) is 4.79 Å². The lowest BCUT2D eigenvalue weighted by atomic mass is 10.0. The number of aromatic nitrogens is 1. The number of benzene rings is 1. The quantitative estimate of drug-likeness (QED) is 0.761. The molecule has 3 rings (SSSR count). The molecule has 27 heavy (non-hydrogen) atoms. The predicted octanol–water partition coefficient (Wildman–Crippen LogP) is 2.47. The summed E-state index contributed by atoms with van der Waals surface area (Å²) < 4.78 is 5.37. The lowest BCUT2D eigenvalue weighted by molar-refractivity contribution is -0.121. The van der Waals surface area contributed by atoms with E-state index < -0.39 is 0 Å². The van der Waals surface area contributed by atoms with Crippen molar-refractivity contribution in [3.05, 3.63) is 59.8 Å². The van der Waals surface area contributed by atoms with Gasteiger partial charge < -0.3 is 20.7 Å². The van der Waals surface area contributed by atoms with Crippen LogP contribution in [0, 0.1) is 0 Å². The fourth-order valence-corrected chi connectivity index (χ4v) is 2.83. The maximum Gasteiger partial charge on any atom is 0.222 e. The van der Waals surface area contributed by atoms with E-state index in [1.54, 1.807) is 6.20 Å². The molecule has 1 aromatic heterocycles. The van der Waals surface area contributed by atoms with Crippen molar-refractivity contribution >= 4 is 36.5 Å². The number of amides is 1. The number of halogens is 2. The van der Waals surface area contributed by atoms with Gasteiger partial charge in [0.25, 0.3) is 0 Å². The average Bonchev–Trinajstić information content (AvgIpc) is 2.68. The molecule has 0 spiro atoms. The van der Waals surface area contributed by atoms with Gasteiger partial charge in [0.05, 0.1) is 13.2 Å². The number of morpholine rings is 1. The van der Waals surface area contributed by atoms with Crippen LogP contribution in [0.1, 0.15) is 23.6 Å². The van der Waals surface area contributed by atoms with E-state index in [0.29, 0.717) is 6.54 Å². The number of anilines is 1. The highest BCUT2D eigenvalue weighted by atomic mass is 35.5. The fraction of sp³-hybridized carbons (Fsp3) is 0.368. The number of carbonyl (C=O) groups excluding carboxylic acids is 1. The van der Waals surface area contributed by atoms with E-state index in [1.807, 2.05) is 42.5 Å². The molecule has 148 valence electrons. The highest BCUT2D eigenvalue weighted by Crippen LogP contribution is 2.15. The molecule has 0 bridgehead atoms. The van der Waals surface area contributed by atoms with Gasteiger partial charge >= 0.3 is 0 Å². The SMILES string of the molecule is Cl.Cl.NC(CC(=O)NCc1ccnc(N2CCOCC2)c1)c1ccccc1. The third-order valence-corrected chi connectivity index (χ3v) is 4.27. The summed E-state index contributed by atoms with van der Waals surface area (Å²) in [5.74, 6) is 0.872. The molecule has 1 atom stereocenters. The number of hydrogen-bond acceptors (Lipinski definition) is 5. The molecule has 3 N–H and O–H groups in total. The second-order valence-electron chi connectivity index (χ2n) is 6.12. The molecule has 0 radical (unpaired) electrons. The molecule has 1 aromatic carbocycles. The van der Waals surface area contributed by atoms with Gasteiger partial charge in [-0.25, -0.2) is 4.98 Å². The highest BCUT2D eigenvalue weighted by Gasteiger charge is 2.14. The zero-order valence-corrected chi connectivity index (χ0v) is 16.7. The topological polar surface area (TPSA) is 80.5 Å². The molecule has 1 aliphatic rings. The van der Waals surface area contributed by atoms with E-state index in [0.717, 1.165) is 43.2 Å². The van der Waals surface area contributed by atoms with Crippen LogP contribution in [0.15, 0.2) is 48.7 Å². The zero-order chi connectivity index (χ0) is 17.5. The predicted molar refractivity (Wildman–Crippen MR) is 112 cm³/mol. The van der Waals surface area contributed by atoms with Crippen molar-refractivity contribution in [2.24, 2.45) is 5.73 Å². The van der Waals surface area contributed by atoms with E-state index >= 15 is 0 Å². The highest BCUT2D eigenvalue weighted by molar-refractivity contribution is 5.85. The van der Waals surface area contributed by atoms with Gasteiger partial charge in [-0.1, -0.05) is 30.3 Å². The normalized spacial score (nSPS) is 14.5. The van der Waals surface area contributed by atoms with Crippen molar-refractivity contribution in [2.75, 3.05) is 31.2 Å². The Labute approximate surface area is 172 Å². The van der Waals surface area contributed by atoms with Gasteiger partial charge in [0.2, 0.25) is 5.91 Å². The number of nitrogens with zero attached hydrogens (tertiary/aromatic N) is 2. The third-order valence-electron chi connectivity index (χ3n) is 4.27. The molecule has 8 heteroatoms. The number of nitrogens with one attached hydrogen (secondary N) is 1. The van der Waals surface area contributed by atoms with Crippen LogP contribution in [-0.2, 0) is 16.1 Å². The Hall–Kier alpha value is -1.86. The Bertz CT molecular complexity index is 697. The van der Waals surface area contributed by atoms with E-state index in [2.05, 4.69) is 15.2 Å². The number of pyridine rings is 1. The van der Waals surface area contributed by atoms with Crippen LogP contribution in [0.25, 0.3) is 0 Å². The first-order valence-electron chi connectivity index (χ1n) is 8.57. The maximum absolute atomic E-state index is 12.2. The second kappa shape index (κ2) is 11.8. The Morgan fingerprint density at radius 3 is 2.59 bits per heavy atom. The van der Waals surface area contributed by atoms with Crippen LogP contribution in [0.5, 0.6) is 0 Å². The van der Waals surface area contributed by atoms with Crippen LogP contribution in [0.3, 0.4) is 0 Å². The van der Waals surface area contributed by atoms with Crippen molar-refractivity contribution in [3.63, 3.8) is 0 Å². The number of rotatable bonds is 6. The second-order valence-corrected chi connectivity index (χ2v) is 6.12. The minimum absolute atomic E-state index is 0. The first kappa shape index (κ1) is 23.2. The van der Waals surface area contributed by atoms with Crippen LogP contribution < -0.4 is 16.0 Å². The average molecular weight is 413 g/mol. The first-order chi connectivity index (χ1) is 12.2.